The van der Waals surface area contributed by atoms with Gasteiger partial charge < -0.3 is 14.8 Å². The quantitative estimate of drug-likeness (QED) is 0.663. The summed E-state index contributed by atoms with van der Waals surface area (Å²) in [7, 11) is 1.13. The lowest BCUT2D eigenvalue weighted by Crippen LogP contribution is -2.23. The summed E-state index contributed by atoms with van der Waals surface area (Å²) in [6.45, 7) is 2.33. The second kappa shape index (κ2) is 6.10. The minimum atomic E-state index is -0.963. The standard InChI is InChI=1S/C11H12ClNO4/c1-3-17-9-5-4-7(6-8(9)12)13-10(14)11(15)16-2/h4-6H,3H2,1-2H3,(H,13,14). The number of anilines is 1. The van der Waals surface area contributed by atoms with Crippen molar-refractivity contribution in [2.75, 3.05) is 19.0 Å². The highest BCUT2D eigenvalue weighted by atomic mass is 35.5. The molecule has 0 atom stereocenters. The molecule has 0 aromatic heterocycles. The summed E-state index contributed by atoms with van der Waals surface area (Å²) in [5.74, 6) is -1.30. The van der Waals surface area contributed by atoms with Gasteiger partial charge in [0.15, 0.2) is 0 Å². The molecule has 0 saturated heterocycles. The van der Waals surface area contributed by atoms with E-state index in [1.807, 2.05) is 6.92 Å². The van der Waals surface area contributed by atoms with Gasteiger partial charge in [-0.3, -0.25) is 4.79 Å². The summed E-state index contributed by atoms with van der Waals surface area (Å²) in [6.07, 6.45) is 0. The first-order valence-corrected chi connectivity index (χ1v) is 5.28. The average molecular weight is 258 g/mol. The van der Waals surface area contributed by atoms with Crippen molar-refractivity contribution in [3.8, 4) is 5.75 Å². The molecule has 1 N–H and O–H groups in total. The smallest absolute Gasteiger partial charge is 0.396 e. The molecule has 5 nitrogen and oxygen atoms in total. The van der Waals surface area contributed by atoms with Crippen LogP contribution in [0.4, 0.5) is 5.69 Å². The Morgan fingerprint density at radius 2 is 2.12 bits per heavy atom. The average Bonchev–Trinajstić information content (AvgIpc) is 2.31. The van der Waals surface area contributed by atoms with Crippen LogP contribution in [0.15, 0.2) is 18.2 Å². The van der Waals surface area contributed by atoms with E-state index in [1.54, 1.807) is 12.1 Å². The number of benzene rings is 1. The Morgan fingerprint density at radius 1 is 1.41 bits per heavy atom. The molecule has 0 saturated carbocycles. The minimum absolute atomic E-state index is 0.356. The fourth-order valence-corrected chi connectivity index (χ4v) is 1.36. The molecular formula is C11H12ClNO4. The van der Waals surface area contributed by atoms with Crippen LogP contribution in [-0.4, -0.2) is 25.6 Å². The van der Waals surface area contributed by atoms with E-state index in [1.165, 1.54) is 6.07 Å². The zero-order chi connectivity index (χ0) is 12.8. The summed E-state index contributed by atoms with van der Waals surface area (Å²) in [4.78, 5) is 22.1. The third-order valence-corrected chi connectivity index (χ3v) is 2.16. The number of amides is 1. The van der Waals surface area contributed by atoms with Gasteiger partial charge in [0.1, 0.15) is 5.75 Å². The van der Waals surface area contributed by atoms with Gasteiger partial charge in [-0.2, -0.15) is 0 Å². The number of esters is 1. The van der Waals surface area contributed by atoms with Gasteiger partial charge >= 0.3 is 11.9 Å². The van der Waals surface area contributed by atoms with Crippen molar-refractivity contribution >= 4 is 29.2 Å². The van der Waals surface area contributed by atoms with Crippen molar-refractivity contribution < 1.29 is 19.1 Å². The fourth-order valence-electron chi connectivity index (χ4n) is 1.13. The summed E-state index contributed by atoms with van der Waals surface area (Å²) in [5.41, 5.74) is 0.397. The van der Waals surface area contributed by atoms with Gasteiger partial charge in [-0.15, -0.1) is 0 Å². The van der Waals surface area contributed by atoms with Crippen molar-refractivity contribution in [2.24, 2.45) is 0 Å². The summed E-state index contributed by atoms with van der Waals surface area (Å²) >= 11 is 5.91. The first-order valence-electron chi connectivity index (χ1n) is 4.90. The van der Waals surface area contributed by atoms with E-state index in [0.717, 1.165) is 7.11 Å². The van der Waals surface area contributed by atoms with E-state index in [2.05, 4.69) is 10.1 Å². The van der Waals surface area contributed by atoms with Crippen LogP contribution in [-0.2, 0) is 14.3 Å². The lowest BCUT2D eigenvalue weighted by atomic mass is 10.3. The Labute approximate surface area is 104 Å². The minimum Gasteiger partial charge on any atom is -0.492 e. The lowest BCUT2D eigenvalue weighted by molar-refractivity contribution is -0.150. The Kier molecular flexibility index (Phi) is 4.78. The number of methoxy groups -OCH3 is 1. The Balaban J connectivity index is 2.77. The van der Waals surface area contributed by atoms with E-state index in [-0.39, 0.29) is 0 Å². The van der Waals surface area contributed by atoms with E-state index in [9.17, 15) is 9.59 Å². The largest absolute Gasteiger partial charge is 0.492 e. The van der Waals surface area contributed by atoms with Crippen LogP contribution < -0.4 is 10.1 Å². The predicted octanol–water partition coefficient (Wildman–Crippen LogP) is 1.85. The van der Waals surface area contributed by atoms with Crippen molar-refractivity contribution in [3.63, 3.8) is 0 Å². The highest BCUT2D eigenvalue weighted by Crippen LogP contribution is 2.27. The molecule has 0 aliphatic heterocycles. The van der Waals surface area contributed by atoms with Crippen molar-refractivity contribution in [3.05, 3.63) is 23.2 Å². The van der Waals surface area contributed by atoms with Gasteiger partial charge in [-0.1, -0.05) is 11.6 Å². The van der Waals surface area contributed by atoms with Crippen LogP contribution in [0.2, 0.25) is 5.02 Å². The van der Waals surface area contributed by atoms with Gasteiger partial charge in [-0.25, -0.2) is 4.79 Å². The first-order chi connectivity index (χ1) is 8.08. The number of hydrogen-bond acceptors (Lipinski definition) is 4. The topological polar surface area (TPSA) is 64.6 Å². The van der Waals surface area contributed by atoms with E-state index >= 15 is 0 Å². The molecule has 0 bridgehead atoms. The van der Waals surface area contributed by atoms with Crippen LogP contribution in [0.1, 0.15) is 6.92 Å². The second-order valence-electron chi connectivity index (χ2n) is 3.02. The third kappa shape index (κ3) is 3.64. The van der Waals surface area contributed by atoms with E-state index < -0.39 is 11.9 Å². The molecular weight excluding hydrogens is 246 g/mol. The Bertz CT molecular complexity index is 433. The Morgan fingerprint density at radius 3 is 2.65 bits per heavy atom. The monoisotopic (exact) mass is 257 g/mol. The molecule has 17 heavy (non-hydrogen) atoms. The SMILES string of the molecule is CCOc1ccc(NC(=O)C(=O)OC)cc1Cl. The van der Waals surface area contributed by atoms with Gasteiger partial charge in [0.25, 0.3) is 0 Å². The molecule has 0 fully saturated rings. The summed E-state index contributed by atoms with van der Waals surface area (Å²) in [5, 5.41) is 2.71. The molecule has 1 aromatic rings. The zero-order valence-corrected chi connectivity index (χ0v) is 10.2. The second-order valence-corrected chi connectivity index (χ2v) is 3.43. The van der Waals surface area contributed by atoms with Crippen LogP contribution in [0.3, 0.4) is 0 Å². The Hall–Kier alpha value is -1.75. The van der Waals surface area contributed by atoms with Crippen LogP contribution in [0.25, 0.3) is 0 Å². The molecule has 6 heteroatoms. The first kappa shape index (κ1) is 13.3. The van der Waals surface area contributed by atoms with Gasteiger partial charge in [0.05, 0.1) is 18.7 Å². The van der Waals surface area contributed by atoms with E-state index in [0.29, 0.717) is 23.1 Å². The maximum atomic E-state index is 11.2. The molecule has 0 heterocycles. The third-order valence-electron chi connectivity index (χ3n) is 1.86. The van der Waals surface area contributed by atoms with Gasteiger partial charge in [0, 0.05) is 5.69 Å². The molecule has 1 amide bonds. The van der Waals surface area contributed by atoms with Crippen LogP contribution in [0.5, 0.6) is 5.75 Å². The highest BCUT2D eigenvalue weighted by Gasteiger charge is 2.14. The summed E-state index contributed by atoms with van der Waals surface area (Å²) < 4.78 is 9.50. The summed E-state index contributed by atoms with van der Waals surface area (Å²) in [6, 6.07) is 4.68. The molecule has 0 aliphatic rings. The zero-order valence-electron chi connectivity index (χ0n) is 9.45. The number of carbonyl (C=O) groups excluding carboxylic acids is 2. The predicted molar refractivity (Wildman–Crippen MR) is 63.3 cm³/mol. The fraction of sp³-hybridized carbons (Fsp3) is 0.273. The number of nitrogens with one attached hydrogen (secondary N) is 1. The van der Waals surface area contributed by atoms with Crippen LogP contribution >= 0.6 is 11.6 Å². The molecule has 0 aliphatic carbocycles. The number of ether oxygens (including phenoxy) is 2. The van der Waals surface area contributed by atoms with Gasteiger partial charge in [0.2, 0.25) is 0 Å². The number of halogens is 1. The maximum absolute atomic E-state index is 11.2. The molecule has 0 unspecified atom stereocenters. The highest BCUT2D eigenvalue weighted by molar-refractivity contribution is 6.37. The molecule has 1 rings (SSSR count). The molecule has 0 radical (unpaired) electrons. The van der Waals surface area contributed by atoms with Crippen molar-refractivity contribution in [1.29, 1.82) is 0 Å². The van der Waals surface area contributed by atoms with E-state index in [4.69, 9.17) is 16.3 Å². The van der Waals surface area contributed by atoms with Crippen molar-refractivity contribution in [1.82, 2.24) is 0 Å². The normalized spacial score (nSPS) is 9.59. The molecule has 0 spiro atoms. The molecule has 1 aromatic carbocycles. The maximum Gasteiger partial charge on any atom is 0.396 e. The van der Waals surface area contributed by atoms with Crippen molar-refractivity contribution in [2.45, 2.75) is 6.92 Å². The lowest BCUT2D eigenvalue weighted by Gasteiger charge is -2.08. The molecule has 92 valence electrons. The number of carbonyl (C=O) groups is 2. The number of rotatable bonds is 3. The van der Waals surface area contributed by atoms with Crippen LogP contribution in [0, 0.1) is 0 Å². The van der Waals surface area contributed by atoms with Gasteiger partial charge in [-0.05, 0) is 25.1 Å². The number of hydrogen-bond donors (Lipinski definition) is 1.